The van der Waals surface area contributed by atoms with Gasteiger partial charge < -0.3 is 5.32 Å². The van der Waals surface area contributed by atoms with E-state index in [1.165, 1.54) is 32.2 Å². The summed E-state index contributed by atoms with van der Waals surface area (Å²) in [6.45, 7) is 4.46. The SMILES string of the molecule is CCCCCCNCCS. The fraction of sp³-hybridized carbons (Fsp3) is 1.00. The van der Waals surface area contributed by atoms with Crippen LogP contribution in [0.4, 0.5) is 0 Å². The first-order valence-corrected chi connectivity index (χ1v) is 4.86. The van der Waals surface area contributed by atoms with E-state index in [2.05, 4.69) is 24.9 Å². The van der Waals surface area contributed by atoms with Gasteiger partial charge >= 0.3 is 0 Å². The number of hydrogen-bond donors (Lipinski definition) is 2. The lowest BCUT2D eigenvalue weighted by Gasteiger charge is -2.00. The maximum atomic E-state index is 4.10. The van der Waals surface area contributed by atoms with Crippen LogP contribution in [0.1, 0.15) is 32.6 Å². The topological polar surface area (TPSA) is 12.0 Å². The molecule has 0 rings (SSSR count). The number of unbranched alkanes of at least 4 members (excludes halogenated alkanes) is 3. The van der Waals surface area contributed by atoms with Crippen molar-refractivity contribution in [3.05, 3.63) is 0 Å². The molecule has 0 aromatic rings. The second-order valence-electron chi connectivity index (χ2n) is 2.53. The Kier molecular flexibility index (Phi) is 9.60. The Morgan fingerprint density at radius 3 is 2.50 bits per heavy atom. The van der Waals surface area contributed by atoms with E-state index in [0.717, 1.165) is 12.3 Å². The quantitative estimate of drug-likeness (QED) is 0.430. The molecule has 62 valence electrons. The average molecular weight is 161 g/mol. The number of nitrogens with one attached hydrogen (secondary N) is 1. The van der Waals surface area contributed by atoms with E-state index in [9.17, 15) is 0 Å². The molecule has 0 aliphatic carbocycles. The zero-order chi connectivity index (χ0) is 7.66. The number of rotatable bonds is 7. The number of hydrogen-bond acceptors (Lipinski definition) is 2. The lowest BCUT2D eigenvalue weighted by molar-refractivity contribution is 0.613. The van der Waals surface area contributed by atoms with Crippen molar-refractivity contribution in [3.63, 3.8) is 0 Å². The normalized spacial score (nSPS) is 10.2. The third-order valence-corrected chi connectivity index (χ3v) is 1.72. The molecule has 0 spiro atoms. The lowest BCUT2D eigenvalue weighted by Crippen LogP contribution is -2.17. The van der Waals surface area contributed by atoms with E-state index in [4.69, 9.17) is 0 Å². The van der Waals surface area contributed by atoms with Gasteiger partial charge in [0.05, 0.1) is 0 Å². The Morgan fingerprint density at radius 1 is 1.10 bits per heavy atom. The van der Waals surface area contributed by atoms with Crippen molar-refractivity contribution in [2.24, 2.45) is 0 Å². The van der Waals surface area contributed by atoms with Gasteiger partial charge in [-0.2, -0.15) is 12.6 Å². The molecule has 0 fully saturated rings. The highest BCUT2D eigenvalue weighted by Gasteiger charge is 1.86. The van der Waals surface area contributed by atoms with Gasteiger partial charge in [-0.25, -0.2) is 0 Å². The molecule has 1 nitrogen and oxygen atoms in total. The molecule has 0 saturated heterocycles. The maximum Gasteiger partial charge on any atom is 0.00397 e. The molecular weight excluding hydrogens is 142 g/mol. The first-order chi connectivity index (χ1) is 4.91. The molecule has 0 heterocycles. The van der Waals surface area contributed by atoms with Crippen molar-refractivity contribution in [2.75, 3.05) is 18.8 Å². The van der Waals surface area contributed by atoms with Crippen LogP contribution in [0.15, 0.2) is 0 Å². The van der Waals surface area contributed by atoms with Crippen LogP contribution in [0.5, 0.6) is 0 Å². The van der Waals surface area contributed by atoms with E-state index in [1.807, 2.05) is 0 Å². The summed E-state index contributed by atoms with van der Waals surface area (Å²) in [5.74, 6) is 0.952. The van der Waals surface area contributed by atoms with Gasteiger partial charge in [0.2, 0.25) is 0 Å². The molecule has 0 unspecified atom stereocenters. The maximum absolute atomic E-state index is 4.10. The van der Waals surface area contributed by atoms with Crippen LogP contribution in [-0.2, 0) is 0 Å². The highest BCUT2D eigenvalue weighted by Crippen LogP contribution is 1.96. The minimum atomic E-state index is 0.952. The van der Waals surface area contributed by atoms with Crippen LogP contribution in [0, 0.1) is 0 Å². The molecule has 0 atom stereocenters. The molecule has 0 aliphatic rings. The van der Waals surface area contributed by atoms with Gasteiger partial charge in [-0.05, 0) is 13.0 Å². The fourth-order valence-electron chi connectivity index (χ4n) is 0.881. The van der Waals surface area contributed by atoms with Gasteiger partial charge in [-0.1, -0.05) is 26.2 Å². The molecule has 2 heteroatoms. The summed E-state index contributed by atoms with van der Waals surface area (Å²) < 4.78 is 0. The summed E-state index contributed by atoms with van der Waals surface area (Å²) in [5, 5.41) is 3.32. The van der Waals surface area contributed by atoms with Crippen molar-refractivity contribution >= 4 is 12.6 Å². The minimum absolute atomic E-state index is 0.952. The Labute approximate surface area is 70.0 Å². The predicted octanol–water partition coefficient (Wildman–Crippen LogP) is 2.09. The van der Waals surface area contributed by atoms with Gasteiger partial charge in [0.15, 0.2) is 0 Å². The van der Waals surface area contributed by atoms with E-state index in [0.29, 0.717) is 0 Å². The van der Waals surface area contributed by atoms with Crippen molar-refractivity contribution in [2.45, 2.75) is 32.6 Å². The van der Waals surface area contributed by atoms with Crippen LogP contribution in [0.3, 0.4) is 0 Å². The Balaban J connectivity index is 2.65. The molecule has 0 aliphatic heterocycles. The summed E-state index contributed by atoms with van der Waals surface area (Å²) >= 11 is 4.10. The first kappa shape index (κ1) is 10.3. The summed E-state index contributed by atoms with van der Waals surface area (Å²) in [6, 6.07) is 0. The fourth-order valence-corrected chi connectivity index (χ4v) is 1.04. The smallest absolute Gasteiger partial charge is 0.00397 e. The summed E-state index contributed by atoms with van der Waals surface area (Å²) in [5.41, 5.74) is 0. The van der Waals surface area contributed by atoms with Crippen LogP contribution >= 0.6 is 12.6 Å². The molecule has 0 aromatic heterocycles. The van der Waals surface area contributed by atoms with Crippen LogP contribution < -0.4 is 5.32 Å². The Morgan fingerprint density at radius 2 is 1.90 bits per heavy atom. The van der Waals surface area contributed by atoms with E-state index in [-0.39, 0.29) is 0 Å². The van der Waals surface area contributed by atoms with E-state index in [1.54, 1.807) is 0 Å². The third kappa shape index (κ3) is 8.31. The molecule has 0 saturated carbocycles. The van der Waals surface area contributed by atoms with E-state index >= 15 is 0 Å². The van der Waals surface area contributed by atoms with Crippen molar-refractivity contribution in [3.8, 4) is 0 Å². The highest BCUT2D eigenvalue weighted by molar-refractivity contribution is 7.80. The molecule has 0 radical (unpaired) electrons. The van der Waals surface area contributed by atoms with Gasteiger partial charge in [-0.3, -0.25) is 0 Å². The van der Waals surface area contributed by atoms with Crippen LogP contribution in [-0.4, -0.2) is 18.8 Å². The van der Waals surface area contributed by atoms with Gasteiger partial charge in [-0.15, -0.1) is 0 Å². The molecule has 0 amide bonds. The van der Waals surface area contributed by atoms with Gasteiger partial charge in [0, 0.05) is 12.3 Å². The molecular formula is C8H19NS. The molecule has 10 heavy (non-hydrogen) atoms. The average Bonchev–Trinajstić information content (AvgIpc) is 1.97. The van der Waals surface area contributed by atoms with Crippen molar-refractivity contribution < 1.29 is 0 Å². The highest BCUT2D eigenvalue weighted by atomic mass is 32.1. The zero-order valence-electron chi connectivity index (χ0n) is 6.90. The summed E-state index contributed by atoms with van der Waals surface area (Å²) in [6.07, 6.45) is 5.40. The predicted molar refractivity (Wildman–Crippen MR) is 50.9 cm³/mol. The Bertz CT molecular complexity index is 49.2. The molecule has 1 N–H and O–H groups in total. The first-order valence-electron chi connectivity index (χ1n) is 4.23. The van der Waals surface area contributed by atoms with Crippen LogP contribution in [0.2, 0.25) is 0 Å². The number of thiol groups is 1. The Hall–Kier alpha value is 0.310. The molecule has 0 bridgehead atoms. The van der Waals surface area contributed by atoms with Gasteiger partial charge in [0.1, 0.15) is 0 Å². The standard InChI is InChI=1S/C8H19NS/c1-2-3-4-5-6-9-7-8-10/h9-10H,2-8H2,1H3. The van der Waals surface area contributed by atoms with Crippen LogP contribution in [0.25, 0.3) is 0 Å². The minimum Gasteiger partial charge on any atom is -0.316 e. The second kappa shape index (κ2) is 9.31. The van der Waals surface area contributed by atoms with E-state index < -0.39 is 0 Å². The van der Waals surface area contributed by atoms with Crippen molar-refractivity contribution in [1.29, 1.82) is 0 Å². The zero-order valence-corrected chi connectivity index (χ0v) is 7.79. The summed E-state index contributed by atoms with van der Waals surface area (Å²) in [4.78, 5) is 0. The van der Waals surface area contributed by atoms with Gasteiger partial charge in [0.25, 0.3) is 0 Å². The molecule has 0 aromatic carbocycles. The van der Waals surface area contributed by atoms with Crippen molar-refractivity contribution in [1.82, 2.24) is 5.32 Å². The largest absolute Gasteiger partial charge is 0.316 e. The second-order valence-corrected chi connectivity index (χ2v) is 2.98. The third-order valence-electron chi connectivity index (χ3n) is 1.50. The summed E-state index contributed by atoms with van der Waals surface area (Å²) in [7, 11) is 0. The monoisotopic (exact) mass is 161 g/mol. The lowest BCUT2D eigenvalue weighted by atomic mass is 10.2.